The molecule has 1 aliphatic heterocycles. The zero-order valence-electron chi connectivity index (χ0n) is 15.1. The molecule has 0 spiro atoms. The van der Waals surface area contributed by atoms with E-state index >= 15 is 0 Å². The summed E-state index contributed by atoms with van der Waals surface area (Å²) in [5.74, 6) is 0.109. The molecule has 134 valence electrons. The number of carbonyl (C=O) groups is 1. The van der Waals surface area contributed by atoms with Crippen LogP contribution in [0.4, 0.5) is 0 Å². The zero-order chi connectivity index (χ0) is 18.0. The number of hydrogen-bond donors (Lipinski definition) is 0. The second-order valence-electron chi connectivity index (χ2n) is 6.79. The minimum atomic E-state index is 0.109. The van der Waals surface area contributed by atoms with Gasteiger partial charge in [-0.1, -0.05) is 41.4 Å². The number of benzene rings is 1. The van der Waals surface area contributed by atoms with Crippen LogP contribution in [0.3, 0.4) is 0 Å². The molecular weight excluding hydrogens is 336 g/mol. The Morgan fingerprint density at radius 2 is 1.88 bits per heavy atom. The van der Waals surface area contributed by atoms with Crippen LogP contribution < -0.4 is 0 Å². The maximum Gasteiger partial charge on any atom is 0.244 e. The Morgan fingerprint density at radius 3 is 2.48 bits per heavy atom. The van der Waals surface area contributed by atoms with Gasteiger partial charge in [-0.25, -0.2) is 0 Å². The first-order chi connectivity index (χ1) is 11.9. The smallest absolute Gasteiger partial charge is 0.244 e. The number of rotatable bonds is 4. The Balaban J connectivity index is 1.53. The Hall–Kier alpha value is -1.85. The highest BCUT2D eigenvalue weighted by atomic mass is 35.5. The lowest BCUT2D eigenvalue weighted by Gasteiger charge is -2.34. The van der Waals surface area contributed by atoms with E-state index in [-0.39, 0.29) is 12.5 Å². The quantitative estimate of drug-likeness (QED) is 0.841. The highest BCUT2D eigenvalue weighted by molar-refractivity contribution is 6.31. The molecule has 0 unspecified atom stereocenters. The van der Waals surface area contributed by atoms with Gasteiger partial charge in [0.2, 0.25) is 5.91 Å². The predicted octanol–water partition coefficient (Wildman–Crippen LogP) is 2.81. The molecule has 0 bridgehead atoms. The average Bonchev–Trinajstić information content (AvgIpc) is 2.82. The molecule has 1 saturated heterocycles. The zero-order valence-corrected chi connectivity index (χ0v) is 15.9. The van der Waals surface area contributed by atoms with E-state index in [1.807, 2.05) is 18.7 Å². The van der Waals surface area contributed by atoms with E-state index in [2.05, 4.69) is 41.2 Å². The number of aromatic nitrogens is 2. The molecule has 3 rings (SSSR count). The summed E-state index contributed by atoms with van der Waals surface area (Å²) in [6, 6.07) is 8.61. The van der Waals surface area contributed by atoms with Gasteiger partial charge in [0.05, 0.1) is 16.4 Å². The molecule has 1 amide bonds. The molecule has 2 heterocycles. The number of nitrogens with zero attached hydrogens (tertiary/aromatic N) is 4. The minimum Gasteiger partial charge on any atom is -0.339 e. The summed E-state index contributed by atoms with van der Waals surface area (Å²) in [4.78, 5) is 16.9. The van der Waals surface area contributed by atoms with E-state index < -0.39 is 0 Å². The van der Waals surface area contributed by atoms with Gasteiger partial charge in [0.1, 0.15) is 6.54 Å². The van der Waals surface area contributed by atoms with E-state index in [4.69, 9.17) is 11.6 Å². The van der Waals surface area contributed by atoms with Gasteiger partial charge in [-0.2, -0.15) is 5.10 Å². The molecule has 0 aliphatic carbocycles. The van der Waals surface area contributed by atoms with Crippen molar-refractivity contribution >= 4 is 17.5 Å². The summed E-state index contributed by atoms with van der Waals surface area (Å²) >= 11 is 6.16. The Labute approximate surface area is 154 Å². The third kappa shape index (κ3) is 4.22. The number of carbonyl (C=O) groups excluding carboxylic acids is 1. The maximum atomic E-state index is 12.6. The van der Waals surface area contributed by atoms with Crippen LogP contribution >= 0.6 is 11.6 Å². The van der Waals surface area contributed by atoms with Gasteiger partial charge in [-0.3, -0.25) is 14.4 Å². The first kappa shape index (κ1) is 18.0. The predicted molar refractivity (Wildman–Crippen MR) is 99.7 cm³/mol. The van der Waals surface area contributed by atoms with Crippen molar-refractivity contribution in [3.05, 3.63) is 51.8 Å². The number of piperazine rings is 1. The van der Waals surface area contributed by atoms with Crippen LogP contribution in [-0.4, -0.2) is 51.7 Å². The van der Waals surface area contributed by atoms with E-state index in [0.717, 1.165) is 44.1 Å². The summed E-state index contributed by atoms with van der Waals surface area (Å²) in [5.41, 5.74) is 4.24. The lowest BCUT2D eigenvalue weighted by Crippen LogP contribution is -2.49. The second kappa shape index (κ2) is 7.58. The Bertz CT molecular complexity index is 763. The van der Waals surface area contributed by atoms with Crippen LogP contribution in [0.2, 0.25) is 5.02 Å². The first-order valence-electron chi connectivity index (χ1n) is 8.69. The molecular formula is C19H25ClN4O. The van der Waals surface area contributed by atoms with Gasteiger partial charge in [0, 0.05) is 32.7 Å². The van der Waals surface area contributed by atoms with Gasteiger partial charge in [-0.05, 0) is 26.3 Å². The van der Waals surface area contributed by atoms with Gasteiger partial charge >= 0.3 is 0 Å². The van der Waals surface area contributed by atoms with Crippen LogP contribution in [0.5, 0.6) is 0 Å². The lowest BCUT2D eigenvalue weighted by atomic mass is 10.1. The fourth-order valence-electron chi connectivity index (χ4n) is 3.28. The maximum absolute atomic E-state index is 12.6. The van der Waals surface area contributed by atoms with Crippen molar-refractivity contribution in [2.24, 2.45) is 0 Å². The lowest BCUT2D eigenvalue weighted by molar-refractivity contribution is -0.133. The van der Waals surface area contributed by atoms with E-state index in [1.165, 1.54) is 11.1 Å². The minimum absolute atomic E-state index is 0.109. The normalized spacial score (nSPS) is 15.6. The number of hydrogen-bond acceptors (Lipinski definition) is 3. The SMILES string of the molecule is Cc1cccc(CN2CCN(C(=O)Cn3nc(C)c(Cl)c3C)CC2)c1. The summed E-state index contributed by atoms with van der Waals surface area (Å²) < 4.78 is 1.71. The van der Waals surface area contributed by atoms with Gasteiger partial charge in [-0.15, -0.1) is 0 Å². The molecule has 0 radical (unpaired) electrons. The fourth-order valence-corrected chi connectivity index (χ4v) is 3.42. The molecule has 1 aliphatic rings. The van der Waals surface area contributed by atoms with Crippen LogP contribution in [0.25, 0.3) is 0 Å². The van der Waals surface area contributed by atoms with Gasteiger partial charge < -0.3 is 4.90 Å². The van der Waals surface area contributed by atoms with E-state index in [1.54, 1.807) is 4.68 Å². The molecule has 1 aromatic carbocycles. The Morgan fingerprint density at radius 1 is 1.16 bits per heavy atom. The average molecular weight is 361 g/mol. The highest BCUT2D eigenvalue weighted by Gasteiger charge is 2.22. The number of amides is 1. The summed E-state index contributed by atoms with van der Waals surface area (Å²) in [6.07, 6.45) is 0. The largest absolute Gasteiger partial charge is 0.339 e. The monoisotopic (exact) mass is 360 g/mol. The number of aryl methyl sites for hydroxylation is 2. The van der Waals surface area contributed by atoms with Crippen LogP contribution in [-0.2, 0) is 17.9 Å². The van der Waals surface area contributed by atoms with Crippen molar-refractivity contribution in [2.45, 2.75) is 33.9 Å². The van der Waals surface area contributed by atoms with Crippen molar-refractivity contribution in [1.29, 1.82) is 0 Å². The molecule has 25 heavy (non-hydrogen) atoms. The molecule has 1 aromatic heterocycles. The fraction of sp³-hybridized carbons (Fsp3) is 0.474. The first-order valence-corrected chi connectivity index (χ1v) is 9.07. The van der Waals surface area contributed by atoms with E-state index in [9.17, 15) is 4.79 Å². The molecule has 0 N–H and O–H groups in total. The molecule has 0 atom stereocenters. The summed E-state index contributed by atoms with van der Waals surface area (Å²) in [7, 11) is 0. The van der Waals surface area contributed by atoms with Crippen LogP contribution in [0, 0.1) is 20.8 Å². The highest BCUT2D eigenvalue weighted by Crippen LogP contribution is 2.19. The van der Waals surface area contributed by atoms with Gasteiger partial charge in [0.25, 0.3) is 0 Å². The standard InChI is InChI=1S/C19H25ClN4O/c1-14-5-4-6-17(11-14)12-22-7-9-23(10-8-22)18(25)13-24-16(3)19(20)15(2)21-24/h4-6,11H,7-10,12-13H2,1-3H3. The van der Waals surface area contributed by atoms with Crippen molar-refractivity contribution < 1.29 is 4.79 Å². The summed E-state index contributed by atoms with van der Waals surface area (Å²) in [5, 5.41) is 5.00. The third-order valence-electron chi connectivity index (χ3n) is 4.79. The van der Waals surface area contributed by atoms with Crippen molar-refractivity contribution in [3.8, 4) is 0 Å². The number of halogens is 1. The molecule has 5 nitrogen and oxygen atoms in total. The summed E-state index contributed by atoms with van der Waals surface area (Å²) in [6.45, 7) is 10.4. The molecule has 2 aromatic rings. The van der Waals surface area contributed by atoms with Crippen LogP contribution in [0.1, 0.15) is 22.5 Å². The Kier molecular flexibility index (Phi) is 5.45. The van der Waals surface area contributed by atoms with Crippen LogP contribution in [0.15, 0.2) is 24.3 Å². The molecule has 6 heteroatoms. The topological polar surface area (TPSA) is 41.4 Å². The van der Waals surface area contributed by atoms with Crippen molar-refractivity contribution in [2.75, 3.05) is 26.2 Å². The van der Waals surface area contributed by atoms with Crippen molar-refractivity contribution in [3.63, 3.8) is 0 Å². The van der Waals surface area contributed by atoms with Crippen molar-refractivity contribution in [1.82, 2.24) is 19.6 Å². The third-order valence-corrected chi connectivity index (χ3v) is 5.34. The second-order valence-corrected chi connectivity index (χ2v) is 7.17. The molecule has 0 saturated carbocycles. The van der Waals surface area contributed by atoms with E-state index in [0.29, 0.717) is 5.02 Å². The van der Waals surface area contributed by atoms with Gasteiger partial charge in [0.15, 0.2) is 0 Å². The molecule has 1 fully saturated rings.